The molecule has 134 valence electrons. The van der Waals surface area contributed by atoms with Crippen molar-refractivity contribution in [3.05, 3.63) is 35.9 Å². The van der Waals surface area contributed by atoms with Gasteiger partial charge in [-0.1, -0.05) is 30.3 Å². The van der Waals surface area contributed by atoms with Crippen LogP contribution in [0.2, 0.25) is 0 Å². The predicted octanol–water partition coefficient (Wildman–Crippen LogP) is 1.71. The van der Waals surface area contributed by atoms with Gasteiger partial charge in [0.2, 0.25) is 5.91 Å². The summed E-state index contributed by atoms with van der Waals surface area (Å²) in [4.78, 5) is 19.4. The number of hydrogen-bond donors (Lipinski definition) is 0. The Morgan fingerprint density at radius 2 is 1.68 bits per heavy atom. The van der Waals surface area contributed by atoms with Crippen molar-refractivity contribution in [2.75, 3.05) is 46.3 Å². The number of piperidine rings is 1. The SMILES string of the molecule is C[C@H](C(=O)N1CCC(C#N)(c2ccccc2)CC1)N1CCN(C)CC1. The lowest BCUT2D eigenvalue weighted by Crippen LogP contribution is -2.55. The first-order valence-corrected chi connectivity index (χ1v) is 9.24. The summed E-state index contributed by atoms with van der Waals surface area (Å²) in [5.41, 5.74) is 0.631. The number of hydrogen-bond acceptors (Lipinski definition) is 4. The van der Waals surface area contributed by atoms with Crippen molar-refractivity contribution < 1.29 is 4.79 Å². The highest BCUT2D eigenvalue weighted by Crippen LogP contribution is 2.35. The number of carbonyl (C=O) groups is 1. The minimum absolute atomic E-state index is 0.0694. The van der Waals surface area contributed by atoms with Crippen LogP contribution in [0, 0.1) is 11.3 Å². The second-order valence-electron chi connectivity index (χ2n) is 7.40. The van der Waals surface area contributed by atoms with Crippen LogP contribution in [0.5, 0.6) is 0 Å². The maximum atomic E-state index is 12.9. The molecule has 0 aliphatic carbocycles. The molecule has 2 heterocycles. The Morgan fingerprint density at radius 3 is 2.24 bits per heavy atom. The van der Waals surface area contributed by atoms with E-state index >= 15 is 0 Å². The van der Waals surface area contributed by atoms with Crippen molar-refractivity contribution in [1.82, 2.24) is 14.7 Å². The van der Waals surface area contributed by atoms with Gasteiger partial charge in [0.15, 0.2) is 0 Å². The lowest BCUT2D eigenvalue weighted by atomic mass is 9.74. The Hall–Kier alpha value is -1.90. The van der Waals surface area contributed by atoms with Gasteiger partial charge in [-0.15, -0.1) is 0 Å². The molecule has 1 aromatic rings. The zero-order valence-electron chi connectivity index (χ0n) is 15.3. The van der Waals surface area contributed by atoms with Gasteiger partial charge in [-0.2, -0.15) is 5.26 Å². The van der Waals surface area contributed by atoms with Gasteiger partial charge >= 0.3 is 0 Å². The molecule has 2 saturated heterocycles. The summed E-state index contributed by atoms with van der Waals surface area (Å²) < 4.78 is 0. The molecule has 1 amide bonds. The highest BCUT2D eigenvalue weighted by molar-refractivity contribution is 5.81. The largest absolute Gasteiger partial charge is 0.341 e. The number of likely N-dealkylation sites (tertiary alicyclic amines) is 1. The summed E-state index contributed by atoms with van der Waals surface area (Å²) in [6.45, 7) is 7.29. The number of benzene rings is 1. The summed E-state index contributed by atoms with van der Waals surface area (Å²) in [6, 6.07) is 12.5. The van der Waals surface area contributed by atoms with Crippen LogP contribution in [-0.2, 0) is 10.2 Å². The van der Waals surface area contributed by atoms with Crippen LogP contribution in [-0.4, -0.2) is 73.0 Å². The highest BCUT2D eigenvalue weighted by atomic mass is 16.2. The zero-order chi connectivity index (χ0) is 17.9. The van der Waals surface area contributed by atoms with Crippen LogP contribution in [0.1, 0.15) is 25.3 Å². The molecule has 0 bridgehead atoms. The van der Waals surface area contributed by atoms with Crippen LogP contribution in [0.4, 0.5) is 0 Å². The Labute approximate surface area is 150 Å². The van der Waals surface area contributed by atoms with Gasteiger partial charge in [0.1, 0.15) is 0 Å². The number of piperazine rings is 1. The molecule has 2 fully saturated rings. The first kappa shape index (κ1) is 17.9. The molecule has 5 nitrogen and oxygen atoms in total. The number of amides is 1. The molecule has 2 aliphatic heterocycles. The van der Waals surface area contributed by atoms with E-state index in [1.54, 1.807) is 0 Å². The van der Waals surface area contributed by atoms with Crippen molar-refractivity contribution in [1.29, 1.82) is 5.26 Å². The van der Waals surface area contributed by atoms with Crippen molar-refractivity contribution in [2.24, 2.45) is 0 Å². The molecule has 0 saturated carbocycles. The van der Waals surface area contributed by atoms with Crippen LogP contribution < -0.4 is 0 Å². The fourth-order valence-corrected chi connectivity index (χ4v) is 3.96. The van der Waals surface area contributed by atoms with Gasteiger partial charge < -0.3 is 9.80 Å². The predicted molar refractivity (Wildman–Crippen MR) is 98.1 cm³/mol. The summed E-state index contributed by atoms with van der Waals surface area (Å²) >= 11 is 0. The average Bonchev–Trinajstić information content (AvgIpc) is 2.68. The van der Waals surface area contributed by atoms with E-state index in [2.05, 4.69) is 22.9 Å². The minimum Gasteiger partial charge on any atom is -0.341 e. The lowest BCUT2D eigenvalue weighted by Gasteiger charge is -2.41. The van der Waals surface area contributed by atoms with E-state index in [0.717, 1.165) is 31.7 Å². The molecule has 0 radical (unpaired) electrons. The number of likely N-dealkylation sites (N-methyl/N-ethyl adjacent to an activating group) is 1. The third-order valence-corrected chi connectivity index (χ3v) is 5.91. The summed E-state index contributed by atoms with van der Waals surface area (Å²) in [5.74, 6) is 0.212. The van der Waals surface area contributed by atoms with Crippen molar-refractivity contribution in [3.63, 3.8) is 0 Å². The fourth-order valence-electron chi connectivity index (χ4n) is 3.96. The Balaban J connectivity index is 1.61. The second-order valence-corrected chi connectivity index (χ2v) is 7.40. The Kier molecular flexibility index (Phi) is 5.41. The Morgan fingerprint density at radius 1 is 1.08 bits per heavy atom. The number of rotatable bonds is 3. The topological polar surface area (TPSA) is 50.6 Å². The maximum Gasteiger partial charge on any atom is 0.239 e. The molecule has 2 aliphatic rings. The van der Waals surface area contributed by atoms with Crippen molar-refractivity contribution in [2.45, 2.75) is 31.2 Å². The third kappa shape index (κ3) is 3.70. The molecule has 0 unspecified atom stereocenters. The van der Waals surface area contributed by atoms with Gasteiger partial charge in [-0.05, 0) is 32.4 Å². The highest BCUT2D eigenvalue weighted by Gasteiger charge is 2.39. The molecule has 25 heavy (non-hydrogen) atoms. The first-order chi connectivity index (χ1) is 12.1. The van der Waals surface area contributed by atoms with Gasteiger partial charge in [0, 0.05) is 39.3 Å². The standard InChI is InChI=1S/C20H28N4O/c1-17(23-14-12-22(2)13-15-23)19(25)24-10-8-20(16-21,9-11-24)18-6-4-3-5-7-18/h3-7,17H,8-15H2,1-2H3/t17-/m1/s1. The fraction of sp³-hybridized carbons (Fsp3) is 0.600. The maximum absolute atomic E-state index is 12.9. The van der Waals surface area contributed by atoms with Gasteiger partial charge in [-0.25, -0.2) is 0 Å². The molecular formula is C20H28N4O. The quantitative estimate of drug-likeness (QED) is 0.840. The van der Waals surface area contributed by atoms with E-state index in [9.17, 15) is 10.1 Å². The lowest BCUT2D eigenvalue weighted by molar-refractivity contribution is -0.138. The molecule has 0 spiro atoms. The molecule has 1 aromatic carbocycles. The van der Waals surface area contributed by atoms with Crippen LogP contribution in [0.25, 0.3) is 0 Å². The smallest absolute Gasteiger partial charge is 0.239 e. The van der Waals surface area contributed by atoms with Crippen LogP contribution in [0.15, 0.2) is 30.3 Å². The van der Waals surface area contributed by atoms with E-state index < -0.39 is 5.41 Å². The summed E-state index contributed by atoms with van der Waals surface area (Å²) in [6.07, 6.45) is 1.43. The molecule has 1 atom stereocenters. The van der Waals surface area contributed by atoms with Crippen molar-refractivity contribution >= 4 is 5.91 Å². The first-order valence-electron chi connectivity index (χ1n) is 9.24. The van der Waals surface area contributed by atoms with Crippen molar-refractivity contribution in [3.8, 4) is 6.07 Å². The number of nitriles is 1. The van der Waals surface area contributed by atoms with E-state index in [1.165, 1.54) is 0 Å². The van der Waals surface area contributed by atoms with Gasteiger partial charge in [0.05, 0.1) is 17.5 Å². The van der Waals surface area contributed by atoms with Gasteiger partial charge in [-0.3, -0.25) is 9.69 Å². The molecule has 0 N–H and O–H groups in total. The number of carbonyl (C=O) groups excluding carboxylic acids is 1. The normalized spacial score (nSPS) is 23.0. The number of nitrogens with zero attached hydrogens (tertiary/aromatic N) is 4. The summed E-state index contributed by atoms with van der Waals surface area (Å²) in [5, 5.41) is 9.79. The molecule has 3 rings (SSSR count). The molecule has 0 aromatic heterocycles. The van der Waals surface area contributed by atoms with Crippen LogP contribution in [0.3, 0.4) is 0 Å². The van der Waals surface area contributed by atoms with Crippen LogP contribution >= 0.6 is 0 Å². The van der Waals surface area contributed by atoms with E-state index in [1.807, 2.05) is 42.2 Å². The zero-order valence-corrected chi connectivity index (χ0v) is 15.3. The van der Waals surface area contributed by atoms with E-state index in [0.29, 0.717) is 25.9 Å². The Bertz CT molecular complexity index is 623. The average molecular weight is 340 g/mol. The third-order valence-electron chi connectivity index (χ3n) is 5.91. The van der Waals surface area contributed by atoms with E-state index in [4.69, 9.17) is 0 Å². The second kappa shape index (κ2) is 7.55. The summed E-state index contributed by atoms with van der Waals surface area (Å²) in [7, 11) is 2.12. The minimum atomic E-state index is -0.449. The molecule has 5 heteroatoms. The monoisotopic (exact) mass is 340 g/mol. The molecular weight excluding hydrogens is 312 g/mol. The van der Waals surface area contributed by atoms with Gasteiger partial charge in [0.25, 0.3) is 0 Å². The van der Waals surface area contributed by atoms with E-state index in [-0.39, 0.29) is 11.9 Å².